The van der Waals surface area contributed by atoms with E-state index in [-0.39, 0.29) is 11.3 Å². The van der Waals surface area contributed by atoms with E-state index in [2.05, 4.69) is 15.0 Å². The Morgan fingerprint density at radius 1 is 0.853 bits per heavy atom. The normalized spacial score (nSPS) is 12.1. The average Bonchev–Trinajstić information content (AvgIpc) is 2.85. The lowest BCUT2D eigenvalue weighted by Gasteiger charge is -2.18. The standard InChI is InChI=1S/C26H23N3O4S/c30-26(31)18-24(19-8-2-1-3-9-19)29-34(32,33)23-13-7-11-21(17-23)20-10-6-12-22(16-20)28-25-14-4-5-15-27-25/h1-17,24,29H,18H2,(H,27,28)(H,30,31)/t24-/m1/s1. The molecule has 0 bridgehead atoms. The van der Waals surface area contributed by atoms with Crippen molar-refractivity contribution < 1.29 is 18.3 Å². The second-order valence-corrected chi connectivity index (χ2v) is 9.35. The summed E-state index contributed by atoms with van der Waals surface area (Å²) in [5, 5.41) is 12.5. The number of anilines is 2. The van der Waals surface area contributed by atoms with Gasteiger partial charge in [-0.2, -0.15) is 0 Å². The molecule has 0 aliphatic heterocycles. The number of carboxylic acid groups (broad SMARTS) is 1. The second kappa shape index (κ2) is 10.3. The smallest absolute Gasteiger partial charge is 0.305 e. The third-order valence-electron chi connectivity index (χ3n) is 5.16. The highest BCUT2D eigenvalue weighted by molar-refractivity contribution is 7.89. The maximum atomic E-state index is 13.2. The van der Waals surface area contributed by atoms with Crippen LogP contribution in [0.5, 0.6) is 0 Å². The summed E-state index contributed by atoms with van der Waals surface area (Å²) in [6, 6.07) is 27.5. The minimum atomic E-state index is -3.98. The van der Waals surface area contributed by atoms with Crippen LogP contribution in [0.2, 0.25) is 0 Å². The predicted octanol–water partition coefficient (Wildman–Crippen LogP) is 4.99. The van der Waals surface area contributed by atoms with Crippen molar-refractivity contribution in [3.8, 4) is 11.1 Å². The number of benzene rings is 3. The van der Waals surface area contributed by atoms with E-state index in [0.717, 1.165) is 11.3 Å². The van der Waals surface area contributed by atoms with Gasteiger partial charge in [0.25, 0.3) is 0 Å². The zero-order valence-corrected chi connectivity index (χ0v) is 18.9. The van der Waals surface area contributed by atoms with Crippen LogP contribution in [0, 0.1) is 0 Å². The summed E-state index contributed by atoms with van der Waals surface area (Å²) in [6.07, 6.45) is 1.32. The van der Waals surface area contributed by atoms with Gasteiger partial charge in [0.1, 0.15) is 5.82 Å². The first-order valence-electron chi connectivity index (χ1n) is 10.6. The van der Waals surface area contributed by atoms with Crippen molar-refractivity contribution >= 4 is 27.5 Å². The lowest BCUT2D eigenvalue weighted by molar-refractivity contribution is -0.137. The molecule has 0 aliphatic carbocycles. The van der Waals surface area contributed by atoms with Gasteiger partial charge in [-0.3, -0.25) is 4.79 Å². The predicted molar refractivity (Wildman–Crippen MR) is 131 cm³/mol. The molecule has 0 aliphatic rings. The van der Waals surface area contributed by atoms with Gasteiger partial charge in [0.15, 0.2) is 0 Å². The number of nitrogens with zero attached hydrogens (tertiary/aromatic N) is 1. The van der Waals surface area contributed by atoms with E-state index >= 15 is 0 Å². The van der Waals surface area contributed by atoms with Gasteiger partial charge in [-0.1, -0.05) is 60.7 Å². The highest BCUT2D eigenvalue weighted by Crippen LogP contribution is 2.27. The lowest BCUT2D eigenvalue weighted by atomic mass is 10.1. The summed E-state index contributed by atoms with van der Waals surface area (Å²) in [4.78, 5) is 15.7. The van der Waals surface area contributed by atoms with Crippen LogP contribution >= 0.6 is 0 Å². The fraction of sp³-hybridized carbons (Fsp3) is 0.0769. The number of aliphatic carboxylic acids is 1. The largest absolute Gasteiger partial charge is 0.481 e. The third-order valence-corrected chi connectivity index (χ3v) is 6.62. The SMILES string of the molecule is O=C(O)C[C@@H](NS(=O)(=O)c1cccc(-c2cccc(Nc3ccccn3)c2)c1)c1ccccc1. The summed E-state index contributed by atoms with van der Waals surface area (Å²) < 4.78 is 28.9. The number of hydrogen-bond acceptors (Lipinski definition) is 5. The van der Waals surface area contributed by atoms with Gasteiger partial charge in [-0.25, -0.2) is 18.1 Å². The number of carbonyl (C=O) groups is 1. The van der Waals surface area contributed by atoms with Gasteiger partial charge in [0.05, 0.1) is 17.4 Å². The number of aromatic nitrogens is 1. The molecule has 7 nitrogen and oxygen atoms in total. The Morgan fingerprint density at radius 3 is 2.26 bits per heavy atom. The molecule has 0 amide bonds. The average molecular weight is 474 g/mol. The molecule has 3 aromatic carbocycles. The fourth-order valence-corrected chi connectivity index (χ4v) is 4.82. The summed E-state index contributed by atoms with van der Waals surface area (Å²) in [5.74, 6) is -0.395. The number of hydrogen-bond donors (Lipinski definition) is 3. The third kappa shape index (κ3) is 5.86. The molecule has 1 atom stereocenters. The first-order valence-corrected chi connectivity index (χ1v) is 12.1. The first-order chi connectivity index (χ1) is 16.4. The van der Waals surface area contributed by atoms with Gasteiger partial charge in [-0.15, -0.1) is 0 Å². The van der Waals surface area contributed by atoms with Crippen LogP contribution in [-0.2, 0) is 14.8 Å². The van der Waals surface area contributed by atoms with Crippen LogP contribution in [0.15, 0.2) is 108 Å². The van der Waals surface area contributed by atoms with Crippen molar-refractivity contribution in [1.82, 2.24) is 9.71 Å². The van der Waals surface area contributed by atoms with Gasteiger partial charge < -0.3 is 10.4 Å². The Morgan fingerprint density at radius 2 is 1.56 bits per heavy atom. The molecular formula is C26H23N3O4S. The van der Waals surface area contributed by atoms with E-state index in [0.29, 0.717) is 16.9 Å². The summed E-state index contributed by atoms with van der Waals surface area (Å²) >= 11 is 0. The van der Waals surface area contributed by atoms with Gasteiger partial charge in [-0.05, 0) is 53.1 Å². The molecule has 0 radical (unpaired) electrons. The van der Waals surface area contributed by atoms with Crippen LogP contribution in [-0.4, -0.2) is 24.5 Å². The number of sulfonamides is 1. The second-order valence-electron chi connectivity index (χ2n) is 7.63. The first kappa shape index (κ1) is 23.2. The molecule has 0 saturated heterocycles. The Labute approximate surface area is 198 Å². The molecule has 4 aromatic rings. The molecule has 1 aromatic heterocycles. The van der Waals surface area contributed by atoms with E-state index in [4.69, 9.17) is 0 Å². The Hall–Kier alpha value is -4.01. The molecular weight excluding hydrogens is 450 g/mol. The maximum Gasteiger partial charge on any atom is 0.305 e. The number of carboxylic acids is 1. The quantitative estimate of drug-likeness (QED) is 0.316. The zero-order valence-electron chi connectivity index (χ0n) is 18.1. The summed E-state index contributed by atoms with van der Waals surface area (Å²) in [7, 11) is -3.98. The molecule has 8 heteroatoms. The monoisotopic (exact) mass is 473 g/mol. The van der Waals surface area contributed by atoms with E-state index in [1.54, 1.807) is 48.7 Å². The van der Waals surface area contributed by atoms with Crippen molar-refractivity contribution in [3.63, 3.8) is 0 Å². The Kier molecular flexibility index (Phi) is 7.01. The van der Waals surface area contributed by atoms with E-state index in [1.165, 1.54) is 6.07 Å². The van der Waals surface area contributed by atoms with E-state index in [1.807, 2.05) is 48.5 Å². The molecule has 0 fully saturated rings. The highest BCUT2D eigenvalue weighted by Gasteiger charge is 2.24. The van der Waals surface area contributed by atoms with Crippen molar-refractivity contribution in [2.45, 2.75) is 17.4 Å². The lowest BCUT2D eigenvalue weighted by Crippen LogP contribution is -2.30. The van der Waals surface area contributed by atoms with Gasteiger partial charge in [0.2, 0.25) is 10.0 Å². The summed E-state index contributed by atoms with van der Waals surface area (Å²) in [5.41, 5.74) is 2.93. The zero-order chi connectivity index (χ0) is 24.0. The van der Waals surface area contributed by atoms with Crippen molar-refractivity contribution in [2.24, 2.45) is 0 Å². The number of pyridine rings is 1. The number of rotatable bonds is 9. The van der Waals surface area contributed by atoms with Crippen molar-refractivity contribution in [1.29, 1.82) is 0 Å². The molecule has 0 saturated carbocycles. The summed E-state index contributed by atoms with van der Waals surface area (Å²) in [6.45, 7) is 0. The van der Waals surface area contributed by atoms with Crippen LogP contribution < -0.4 is 10.0 Å². The minimum absolute atomic E-state index is 0.0550. The highest BCUT2D eigenvalue weighted by atomic mass is 32.2. The molecule has 1 heterocycles. The number of nitrogens with one attached hydrogen (secondary N) is 2. The van der Waals surface area contributed by atoms with Crippen LogP contribution in [0.25, 0.3) is 11.1 Å². The molecule has 0 unspecified atom stereocenters. The van der Waals surface area contributed by atoms with Crippen LogP contribution in [0.4, 0.5) is 11.5 Å². The van der Waals surface area contributed by atoms with Crippen LogP contribution in [0.3, 0.4) is 0 Å². The van der Waals surface area contributed by atoms with E-state index < -0.39 is 22.0 Å². The topological polar surface area (TPSA) is 108 Å². The van der Waals surface area contributed by atoms with Crippen molar-refractivity contribution in [3.05, 3.63) is 109 Å². The molecule has 34 heavy (non-hydrogen) atoms. The molecule has 0 spiro atoms. The molecule has 172 valence electrons. The Bertz CT molecular complexity index is 1380. The van der Waals surface area contributed by atoms with Crippen molar-refractivity contribution in [2.75, 3.05) is 5.32 Å². The fourth-order valence-electron chi connectivity index (χ4n) is 3.55. The van der Waals surface area contributed by atoms with Gasteiger partial charge >= 0.3 is 5.97 Å². The maximum absolute atomic E-state index is 13.2. The Balaban J connectivity index is 1.60. The minimum Gasteiger partial charge on any atom is -0.481 e. The van der Waals surface area contributed by atoms with E-state index in [9.17, 15) is 18.3 Å². The van der Waals surface area contributed by atoms with Crippen LogP contribution in [0.1, 0.15) is 18.0 Å². The molecule has 4 rings (SSSR count). The molecule has 3 N–H and O–H groups in total. The van der Waals surface area contributed by atoms with Gasteiger partial charge in [0, 0.05) is 11.9 Å².